The highest BCUT2D eigenvalue weighted by Crippen LogP contribution is 2.12. The van der Waals surface area contributed by atoms with Crippen molar-refractivity contribution in [3.63, 3.8) is 0 Å². The molecule has 1 heterocycles. The fraction of sp³-hybridized carbons (Fsp3) is 0.500. The molecule has 0 bridgehead atoms. The third-order valence-corrected chi connectivity index (χ3v) is 3.29. The summed E-state index contributed by atoms with van der Waals surface area (Å²) < 4.78 is 5.73. The molecule has 1 aromatic rings. The van der Waals surface area contributed by atoms with Crippen molar-refractivity contribution in [2.75, 3.05) is 32.8 Å². The van der Waals surface area contributed by atoms with Crippen molar-refractivity contribution in [2.24, 2.45) is 0 Å². The molecule has 1 aliphatic heterocycles. The Labute approximate surface area is 115 Å². The summed E-state index contributed by atoms with van der Waals surface area (Å²) in [6, 6.07) is 7.69. The number of benzene rings is 1. The summed E-state index contributed by atoms with van der Waals surface area (Å²) in [7, 11) is 0. The van der Waals surface area contributed by atoms with Crippen molar-refractivity contribution >= 4 is 0 Å². The summed E-state index contributed by atoms with van der Waals surface area (Å²) >= 11 is 0. The zero-order valence-corrected chi connectivity index (χ0v) is 11.3. The van der Waals surface area contributed by atoms with Crippen LogP contribution in [-0.4, -0.2) is 42.9 Å². The largest absolute Gasteiger partial charge is 0.492 e. The molecule has 3 nitrogen and oxygen atoms in total. The van der Waals surface area contributed by atoms with Crippen LogP contribution in [-0.2, 0) is 0 Å². The van der Waals surface area contributed by atoms with Crippen LogP contribution < -0.4 is 4.74 Å². The molecule has 19 heavy (non-hydrogen) atoms. The number of nitrogens with zero attached hydrogens (tertiary/aromatic N) is 1. The molecule has 2 rings (SSSR count). The summed E-state index contributed by atoms with van der Waals surface area (Å²) in [6.45, 7) is 4.06. The summed E-state index contributed by atoms with van der Waals surface area (Å²) in [5, 5.41) is 8.62. The first-order chi connectivity index (χ1) is 9.38. The van der Waals surface area contributed by atoms with Gasteiger partial charge in [-0.2, -0.15) is 0 Å². The van der Waals surface area contributed by atoms with Gasteiger partial charge in [-0.15, -0.1) is 0 Å². The van der Waals surface area contributed by atoms with Gasteiger partial charge in [-0.1, -0.05) is 18.3 Å². The van der Waals surface area contributed by atoms with Gasteiger partial charge in [0.15, 0.2) is 0 Å². The Morgan fingerprint density at radius 2 is 1.84 bits per heavy atom. The molecule has 0 aliphatic carbocycles. The molecule has 0 unspecified atom stereocenters. The van der Waals surface area contributed by atoms with Crippen molar-refractivity contribution in [1.29, 1.82) is 0 Å². The van der Waals surface area contributed by atoms with Crippen molar-refractivity contribution < 1.29 is 9.84 Å². The molecular weight excluding hydrogens is 238 g/mol. The molecule has 0 radical (unpaired) electrons. The lowest BCUT2D eigenvalue weighted by Gasteiger charge is -2.26. The molecule has 1 N–H and O–H groups in total. The second kappa shape index (κ2) is 7.83. The first kappa shape index (κ1) is 13.9. The van der Waals surface area contributed by atoms with Crippen LogP contribution in [0.4, 0.5) is 0 Å². The molecule has 3 heteroatoms. The minimum Gasteiger partial charge on any atom is -0.492 e. The molecule has 0 aromatic heterocycles. The maximum atomic E-state index is 8.62. The molecule has 0 atom stereocenters. The Morgan fingerprint density at radius 3 is 2.53 bits per heavy atom. The number of hydrogen-bond acceptors (Lipinski definition) is 3. The van der Waals surface area contributed by atoms with Gasteiger partial charge < -0.3 is 9.84 Å². The predicted molar refractivity (Wildman–Crippen MR) is 76.2 cm³/mol. The second-order valence-electron chi connectivity index (χ2n) is 4.74. The van der Waals surface area contributed by atoms with E-state index in [1.165, 1.54) is 32.4 Å². The van der Waals surface area contributed by atoms with Gasteiger partial charge in [0, 0.05) is 12.1 Å². The van der Waals surface area contributed by atoms with Crippen LogP contribution >= 0.6 is 0 Å². The number of aliphatic hydroxyl groups excluding tert-OH is 1. The normalized spacial score (nSPS) is 15.6. The number of likely N-dealkylation sites (tertiary alicyclic amines) is 1. The maximum absolute atomic E-state index is 8.62. The van der Waals surface area contributed by atoms with E-state index < -0.39 is 0 Å². The summed E-state index contributed by atoms with van der Waals surface area (Å²) in [4.78, 5) is 2.46. The van der Waals surface area contributed by atoms with E-state index in [9.17, 15) is 0 Å². The fourth-order valence-electron chi connectivity index (χ4n) is 2.25. The predicted octanol–water partition coefficient (Wildman–Crippen LogP) is 1.90. The Morgan fingerprint density at radius 1 is 1.11 bits per heavy atom. The van der Waals surface area contributed by atoms with Crippen LogP contribution in [0.15, 0.2) is 24.3 Å². The summed E-state index contributed by atoms with van der Waals surface area (Å²) in [6.07, 6.45) is 4.00. The Hall–Kier alpha value is -1.50. The molecule has 1 aliphatic rings. The smallest absolute Gasteiger partial charge is 0.119 e. The van der Waals surface area contributed by atoms with Crippen molar-refractivity contribution in [1.82, 2.24) is 4.90 Å². The molecule has 0 spiro atoms. The van der Waals surface area contributed by atoms with Gasteiger partial charge in [0.05, 0.1) is 0 Å². The van der Waals surface area contributed by atoms with Crippen LogP contribution in [0, 0.1) is 11.8 Å². The number of hydrogen-bond donors (Lipinski definition) is 1. The van der Waals surface area contributed by atoms with E-state index in [0.29, 0.717) is 0 Å². The lowest BCUT2D eigenvalue weighted by Crippen LogP contribution is -2.33. The highest BCUT2D eigenvalue weighted by atomic mass is 16.5. The third kappa shape index (κ3) is 4.94. The van der Waals surface area contributed by atoms with Crippen LogP contribution in [0.5, 0.6) is 5.75 Å². The lowest BCUT2D eigenvalue weighted by molar-refractivity contribution is 0.183. The van der Waals surface area contributed by atoms with E-state index in [-0.39, 0.29) is 6.61 Å². The van der Waals surface area contributed by atoms with E-state index in [0.717, 1.165) is 24.5 Å². The minimum atomic E-state index is -0.103. The van der Waals surface area contributed by atoms with E-state index in [1.807, 2.05) is 24.3 Å². The van der Waals surface area contributed by atoms with Gasteiger partial charge in [0.1, 0.15) is 19.0 Å². The molecular formula is C16H21NO2. The topological polar surface area (TPSA) is 32.7 Å². The molecule has 102 valence electrons. The van der Waals surface area contributed by atoms with Crippen molar-refractivity contribution in [3.8, 4) is 17.6 Å². The zero-order chi connectivity index (χ0) is 13.3. The first-order valence-corrected chi connectivity index (χ1v) is 6.93. The molecule has 1 fully saturated rings. The van der Waals surface area contributed by atoms with Gasteiger partial charge in [0.25, 0.3) is 0 Å². The van der Waals surface area contributed by atoms with Crippen molar-refractivity contribution in [2.45, 2.75) is 19.3 Å². The second-order valence-corrected chi connectivity index (χ2v) is 4.74. The third-order valence-electron chi connectivity index (χ3n) is 3.29. The molecule has 1 saturated heterocycles. The SMILES string of the molecule is OCC#Cc1ccc(OCCN2CCCCC2)cc1. The van der Waals surface area contributed by atoms with E-state index in [2.05, 4.69) is 16.7 Å². The van der Waals surface area contributed by atoms with Crippen LogP contribution in [0.25, 0.3) is 0 Å². The van der Waals surface area contributed by atoms with Gasteiger partial charge in [-0.25, -0.2) is 0 Å². The monoisotopic (exact) mass is 259 g/mol. The Kier molecular flexibility index (Phi) is 5.74. The van der Waals surface area contributed by atoms with E-state index >= 15 is 0 Å². The Balaban J connectivity index is 1.73. The zero-order valence-electron chi connectivity index (χ0n) is 11.3. The lowest BCUT2D eigenvalue weighted by atomic mass is 10.1. The van der Waals surface area contributed by atoms with Crippen LogP contribution in [0.3, 0.4) is 0 Å². The van der Waals surface area contributed by atoms with Crippen LogP contribution in [0.1, 0.15) is 24.8 Å². The molecule has 1 aromatic carbocycles. The number of rotatable bonds is 4. The quantitative estimate of drug-likeness (QED) is 0.838. The fourth-order valence-corrected chi connectivity index (χ4v) is 2.25. The Bertz CT molecular complexity index is 424. The molecule has 0 amide bonds. The average molecular weight is 259 g/mol. The number of ether oxygens (including phenoxy) is 1. The standard InChI is InChI=1S/C16H21NO2/c18-13-4-5-15-6-8-16(9-7-15)19-14-12-17-10-2-1-3-11-17/h6-9,18H,1-3,10-14H2. The van der Waals surface area contributed by atoms with Crippen molar-refractivity contribution in [3.05, 3.63) is 29.8 Å². The number of aliphatic hydroxyl groups is 1. The van der Waals surface area contributed by atoms with Gasteiger partial charge in [-0.3, -0.25) is 4.90 Å². The first-order valence-electron chi connectivity index (χ1n) is 6.93. The highest BCUT2D eigenvalue weighted by molar-refractivity contribution is 5.38. The van der Waals surface area contributed by atoms with Gasteiger partial charge in [-0.05, 0) is 50.2 Å². The maximum Gasteiger partial charge on any atom is 0.119 e. The minimum absolute atomic E-state index is 0.103. The highest BCUT2D eigenvalue weighted by Gasteiger charge is 2.09. The van der Waals surface area contributed by atoms with Gasteiger partial charge in [0.2, 0.25) is 0 Å². The van der Waals surface area contributed by atoms with E-state index in [4.69, 9.17) is 9.84 Å². The number of piperidine rings is 1. The summed E-state index contributed by atoms with van der Waals surface area (Å²) in [5.41, 5.74) is 0.900. The van der Waals surface area contributed by atoms with Crippen LogP contribution in [0.2, 0.25) is 0 Å². The average Bonchev–Trinajstić information content (AvgIpc) is 2.47. The summed E-state index contributed by atoms with van der Waals surface area (Å²) in [5.74, 6) is 6.37. The van der Waals surface area contributed by atoms with E-state index in [1.54, 1.807) is 0 Å². The van der Waals surface area contributed by atoms with Gasteiger partial charge >= 0.3 is 0 Å². The molecule has 0 saturated carbocycles.